The van der Waals surface area contributed by atoms with Crippen molar-refractivity contribution in [2.24, 2.45) is 5.92 Å². The van der Waals surface area contributed by atoms with Crippen molar-refractivity contribution in [2.45, 2.75) is 51.4 Å². The van der Waals surface area contributed by atoms with Crippen LogP contribution in [0.1, 0.15) is 57.3 Å². The summed E-state index contributed by atoms with van der Waals surface area (Å²) < 4.78 is 11.3. The molecular weight excluding hydrogens is 290 g/mol. The van der Waals surface area contributed by atoms with Gasteiger partial charge in [0.05, 0.1) is 0 Å². The molecule has 2 aromatic rings. The van der Waals surface area contributed by atoms with E-state index in [1.54, 1.807) is 12.4 Å². The van der Waals surface area contributed by atoms with Crippen LogP contribution in [0, 0.1) is 5.92 Å². The van der Waals surface area contributed by atoms with Crippen molar-refractivity contribution < 1.29 is 9.26 Å². The summed E-state index contributed by atoms with van der Waals surface area (Å²) in [4.78, 5) is 8.59. The minimum atomic E-state index is 0.393. The molecule has 23 heavy (non-hydrogen) atoms. The third kappa shape index (κ3) is 4.38. The number of hydrogen-bond donors (Lipinski definition) is 0. The fourth-order valence-electron chi connectivity index (χ4n) is 3.09. The minimum Gasteiger partial charge on any atom is -0.381 e. The summed E-state index contributed by atoms with van der Waals surface area (Å²) in [6.07, 6.45) is 10.4. The number of aromatic nitrogens is 3. The van der Waals surface area contributed by atoms with Crippen molar-refractivity contribution >= 4 is 0 Å². The second-order valence-corrected chi connectivity index (χ2v) is 6.34. The highest BCUT2D eigenvalue weighted by atomic mass is 16.5. The van der Waals surface area contributed by atoms with E-state index in [9.17, 15) is 0 Å². The van der Waals surface area contributed by atoms with Crippen LogP contribution >= 0.6 is 0 Å². The molecule has 1 saturated carbocycles. The van der Waals surface area contributed by atoms with Crippen LogP contribution in [0.5, 0.6) is 0 Å². The highest BCUT2D eigenvalue weighted by Crippen LogP contribution is 2.35. The van der Waals surface area contributed by atoms with Gasteiger partial charge in [-0.25, -0.2) is 0 Å². The van der Waals surface area contributed by atoms with Crippen LogP contribution in [0.3, 0.4) is 0 Å². The third-order valence-corrected chi connectivity index (χ3v) is 4.57. The van der Waals surface area contributed by atoms with Gasteiger partial charge in [-0.1, -0.05) is 18.5 Å². The molecule has 0 bridgehead atoms. The topological polar surface area (TPSA) is 61.0 Å². The molecule has 0 radical (unpaired) electrons. The zero-order valence-corrected chi connectivity index (χ0v) is 13.8. The highest BCUT2D eigenvalue weighted by Gasteiger charge is 2.26. The predicted molar refractivity (Wildman–Crippen MR) is 88.0 cm³/mol. The van der Waals surface area contributed by atoms with Crippen LogP contribution in [0.2, 0.25) is 0 Å². The summed E-state index contributed by atoms with van der Waals surface area (Å²) >= 11 is 0. The molecule has 0 spiro atoms. The zero-order valence-electron chi connectivity index (χ0n) is 13.8. The first kappa shape index (κ1) is 16.1. The predicted octanol–water partition coefficient (Wildman–Crippen LogP) is 4.22. The van der Waals surface area contributed by atoms with E-state index in [0.717, 1.165) is 43.9 Å². The molecule has 0 amide bonds. The van der Waals surface area contributed by atoms with E-state index in [2.05, 4.69) is 22.0 Å². The normalized spacial score (nSPS) is 21.4. The van der Waals surface area contributed by atoms with Gasteiger partial charge in [0.1, 0.15) is 0 Å². The molecule has 1 aliphatic rings. The summed E-state index contributed by atoms with van der Waals surface area (Å²) in [5.41, 5.74) is 0.952. The van der Waals surface area contributed by atoms with E-state index in [1.807, 2.05) is 12.1 Å². The van der Waals surface area contributed by atoms with E-state index in [0.29, 0.717) is 17.7 Å². The van der Waals surface area contributed by atoms with Crippen molar-refractivity contribution in [1.82, 2.24) is 15.1 Å². The molecule has 0 unspecified atom stereocenters. The summed E-state index contributed by atoms with van der Waals surface area (Å²) in [5, 5.41) is 4.11. The number of ether oxygens (including phenoxy) is 1. The molecule has 0 aliphatic heterocycles. The third-order valence-electron chi connectivity index (χ3n) is 4.57. The lowest BCUT2D eigenvalue weighted by Crippen LogP contribution is -2.18. The maximum atomic E-state index is 5.76. The van der Waals surface area contributed by atoms with Crippen LogP contribution in [0.15, 0.2) is 29.0 Å². The Morgan fingerprint density at radius 2 is 1.96 bits per heavy atom. The molecule has 0 atom stereocenters. The Balaban J connectivity index is 1.49. The first-order valence-corrected chi connectivity index (χ1v) is 8.68. The first-order chi connectivity index (χ1) is 11.4. The summed E-state index contributed by atoms with van der Waals surface area (Å²) in [6, 6.07) is 3.80. The molecule has 0 aromatic carbocycles. The van der Waals surface area contributed by atoms with E-state index in [4.69, 9.17) is 9.26 Å². The van der Waals surface area contributed by atoms with Gasteiger partial charge in [-0.3, -0.25) is 4.98 Å². The monoisotopic (exact) mass is 315 g/mol. The van der Waals surface area contributed by atoms with E-state index >= 15 is 0 Å². The molecule has 2 aromatic heterocycles. The van der Waals surface area contributed by atoms with Gasteiger partial charge in [-0.15, -0.1) is 0 Å². The van der Waals surface area contributed by atoms with Crippen LogP contribution in [0.4, 0.5) is 0 Å². The van der Waals surface area contributed by atoms with Gasteiger partial charge in [-0.2, -0.15) is 4.98 Å². The van der Waals surface area contributed by atoms with E-state index in [1.165, 1.54) is 19.3 Å². The average molecular weight is 315 g/mol. The van der Waals surface area contributed by atoms with E-state index < -0.39 is 0 Å². The lowest BCUT2D eigenvalue weighted by molar-refractivity contribution is 0.0790. The smallest absolute Gasteiger partial charge is 0.230 e. The second kappa shape index (κ2) is 8.20. The maximum absolute atomic E-state index is 5.76. The van der Waals surface area contributed by atoms with Crippen molar-refractivity contribution in [3.63, 3.8) is 0 Å². The number of rotatable bonds is 7. The molecule has 0 N–H and O–H groups in total. The van der Waals surface area contributed by atoms with Gasteiger partial charge in [0.25, 0.3) is 0 Å². The number of nitrogens with zero attached hydrogens (tertiary/aromatic N) is 3. The quantitative estimate of drug-likeness (QED) is 0.716. The standard InChI is InChI=1S/C18H25N3O2/c1-2-3-12-22-13-14-4-6-16(7-5-14)18-20-17(21-23-18)15-8-10-19-11-9-15/h8-11,14,16H,2-7,12-13H2,1H3/t14-,16-. The van der Waals surface area contributed by atoms with Crippen molar-refractivity contribution in [3.8, 4) is 11.4 Å². The molecule has 5 nitrogen and oxygen atoms in total. The Morgan fingerprint density at radius 1 is 1.17 bits per heavy atom. The Bertz CT molecular complexity index is 577. The highest BCUT2D eigenvalue weighted by molar-refractivity contribution is 5.52. The Kier molecular flexibility index (Phi) is 5.75. The number of hydrogen-bond acceptors (Lipinski definition) is 5. The number of pyridine rings is 1. The summed E-state index contributed by atoms with van der Waals surface area (Å²) in [6.45, 7) is 3.99. The largest absolute Gasteiger partial charge is 0.381 e. The zero-order chi connectivity index (χ0) is 15.9. The van der Waals surface area contributed by atoms with Crippen LogP contribution < -0.4 is 0 Å². The minimum absolute atomic E-state index is 0.393. The van der Waals surface area contributed by atoms with Crippen molar-refractivity contribution in [3.05, 3.63) is 30.4 Å². The lowest BCUT2D eigenvalue weighted by Gasteiger charge is -2.26. The average Bonchev–Trinajstić information content (AvgIpc) is 3.10. The van der Waals surface area contributed by atoms with Gasteiger partial charge in [0.15, 0.2) is 0 Å². The van der Waals surface area contributed by atoms with Crippen molar-refractivity contribution in [1.29, 1.82) is 0 Å². The Morgan fingerprint density at radius 3 is 2.70 bits per heavy atom. The van der Waals surface area contributed by atoms with E-state index in [-0.39, 0.29) is 0 Å². The molecule has 2 heterocycles. The van der Waals surface area contributed by atoms with Crippen LogP contribution in [-0.2, 0) is 4.74 Å². The molecule has 3 rings (SSSR count). The van der Waals surface area contributed by atoms with Gasteiger partial charge < -0.3 is 9.26 Å². The fraction of sp³-hybridized carbons (Fsp3) is 0.611. The second-order valence-electron chi connectivity index (χ2n) is 6.34. The lowest BCUT2D eigenvalue weighted by atomic mass is 9.82. The number of unbranched alkanes of at least 4 members (excludes halogenated alkanes) is 1. The van der Waals surface area contributed by atoms with Gasteiger partial charge in [-0.05, 0) is 50.2 Å². The first-order valence-electron chi connectivity index (χ1n) is 8.68. The van der Waals surface area contributed by atoms with Crippen LogP contribution in [0.25, 0.3) is 11.4 Å². The van der Waals surface area contributed by atoms with Gasteiger partial charge in [0.2, 0.25) is 11.7 Å². The molecule has 5 heteroatoms. The van der Waals surface area contributed by atoms with Crippen LogP contribution in [-0.4, -0.2) is 28.3 Å². The van der Waals surface area contributed by atoms with Gasteiger partial charge in [0, 0.05) is 37.1 Å². The Labute approximate surface area is 137 Å². The molecule has 1 aliphatic carbocycles. The molecule has 124 valence electrons. The molecular formula is C18H25N3O2. The fourth-order valence-corrected chi connectivity index (χ4v) is 3.09. The SMILES string of the molecule is CCCCOC[C@H]1CC[C@H](c2nc(-c3ccncc3)no2)CC1. The molecule has 0 saturated heterocycles. The summed E-state index contributed by atoms with van der Waals surface area (Å²) in [5.74, 6) is 2.52. The Hall–Kier alpha value is -1.75. The molecule has 1 fully saturated rings. The van der Waals surface area contributed by atoms with Crippen molar-refractivity contribution in [2.75, 3.05) is 13.2 Å². The van der Waals surface area contributed by atoms with Gasteiger partial charge >= 0.3 is 0 Å². The summed E-state index contributed by atoms with van der Waals surface area (Å²) in [7, 11) is 0. The maximum Gasteiger partial charge on any atom is 0.230 e.